The van der Waals surface area contributed by atoms with E-state index in [4.69, 9.17) is 5.84 Å². The van der Waals surface area contributed by atoms with E-state index in [-0.39, 0.29) is 28.6 Å². The Labute approximate surface area is 118 Å². The highest BCUT2D eigenvalue weighted by Crippen LogP contribution is 2.35. The average molecular weight is 279 g/mol. The van der Waals surface area contributed by atoms with Gasteiger partial charge in [-0.1, -0.05) is 26.3 Å². The smallest absolute Gasteiger partial charge is 0.253 e. The van der Waals surface area contributed by atoms with Gasteiger partial charge >= 0.3 is 0 Å². The maximum atomic E-state index is 13.6. The summed E-state index contributed by atoms with van der Waals surface area (Å²) < 4.78 is 13.6. The summed E-state index contributed by atoms with van der Waals surface area (Å²) in [6, 6.07) is 4.49. The lowest BCUT2D eigenvalue weighted by Gasteiger charge is -2.35. The van der Waals surface area contributed by atoms with Crippen molar-refractivity contribution in [2.45, 2.75) is 45.6 Å². The Bertz CT molecular complexity index is 502. The molecule has 1 aliphatic carbocycles. The average Bonchev–Trinajstić information content (AvgIpc) is 2.37. The van der Waals surface area contributed by atoms with Gasteiger partial charge in [0.15, 0.2) is 0 Å². The molecule has 110 valence electrons. The lowest BCUT2D eigenvalue weighted by Crippen LogP contribution is -2.41. The van der Waals surface area contributed by atoms with Crippen LogP contribution in [0.15, 0.2) is 18.2 Å². The predicted octanol–water partition coefficient (Wildman–Crippen LogP) is 2.81. The van der Waals surface area contributed by atoms with E-state index in [0.717, 1.165) is 19.3 Å². The van der Waals surface area contributed by atoms with Crippen LogP contribution in [0.3, 0.4) is 0 Å². The summed E-state index contributed by atoms with van der Waals surface area (Å²) in [5.74, 6) is 4.49. The van der Waals surface area contributed by atoms with E-state index in [9.17, 15) is 9.18 Å². The molecule has 1 unspecified atom stereocenters. The number of rotatable bonds is 3. The molecule has 2 rings (SSSR count). The maximum Gasteiger partial charge on any atom is 0.253 e. The number of para-hydroxylation sites is 1. The van der Waals surface area contributed by atoms with E-state index >= 15 is 0 Å². The molecule has 1 fully saturated rings. The fraction of sp³-hybridized carbons (Fsp3) is 0.533. The fourth-order valence-electron chi connectivity index (χ4n) is 2.94. The number of nitrogens with two attached hydrogens (primary N) is 1. The van der Waals surface area contributed by atoms with E-state index in [0.29, 0.717) is 0 Å². The molecule has 1 aromatic rings. The zero-order valence-electron chi connectivity index (χ0n) is 12.0. The molecule has 0 aliphatic heterocycles. The first-order valence-electron chi connectivity index (χ1n) is 6.99. The van der Waals surface area contributed by atoms with Crippen molar-refractivity contribution in [1.29, 1.82) is 0 Å². The van der Waals surface area contributed by atoms with Crippen LogP contribution >= 0.6 is 0 Å². The Morgan fingerprint density at radius 2 is 2.20 bits per heavy atom. The van der Waals surface area contributed by atoms with Gasteiger partial charge in [0.05, 0.1) is 11.3 Å². The molecule has 4 N–H and O–H groups in total. The van der Waals surface area contributed by atoms with Gasteiger partial charge in [0, 0.05) is 6.04 Å². The van der Waals surface area contributed by atoms with Crippen LogP contribution in [-0.2, 0) is 0 Å². The van der Waals surface area contributed by atoms with Crippen LogP contribution in [0.4, 0.5) is 10.1 Å². The van der Waals surface area contributed by atoms with E-state index in [1.807, 2.05) is 0 Å². The molecule has 0 spiro atoms. The summed E-state index contributed by atoms with van der Waals surface area (Å²) in [6.07, 6.45) is 4.19. The van der Waals surface area contributed by atoms with Crippen molar-refractivity contribution >= 4 is 11.6 Å². The Morgan fingerprint density at radius 1 is 1.45 bits per heavy atom. The lowest BCUT2D eigenvalue weighted by atomic mass is 9.75. The molecule has 0 aromatic heterocycles. The highest BCUT2D eigenvalue weighted by molar-refractivity contribution is 5.99. The minimum atomic E-state index is -0.524. The third-order valence-corrected chi connectivity index (χ3v) is 3.94. The number of halogens is 1. The molecular weight excluding hydrogens is 257 g/mol. The minimum Gasteiger partial charge on any atom is -0.349 e. The number of benzene rings is 1. The number of nitrogen functional groups attached to an aromatic ring is 1. The fourth-order valence-corrected chi connectivity index (χ4v) is 2.94. The first kappa shape index (κ1) is 14.8. The number of carbonyl (C=O) groups is 1. The topological polar surface area (TPSA) is 67.2 Å². The van der Waals surface area contributed by atoms with Gasteiger partial charge in [0.25, 0.3) is 5.91 Å². The maximum absolute atomic E-state index is 13.6. The number of carbonyl (C=O) groups excluding carboxylic acids is 1. The third-order valence-electron chi connectivity index (χ3n) is 3.94. The van der Waals surface area contributed by atoms with Crippen molar-refractivity contribution in [3.63, 3.8) is 0 Å². The molecule has 0 radical (unpaired) electrons. The van der Waals surface area contributed by atoms with Crippen molar-refractivity contribution in [2.75, 3.05) is 5.43 Å². The standard InChI is InChI=1S/C15H22FN3O/c1-15(2)8-4-5-10(9-15)18-14(20)11-6-3-7-12(16)13(11)19-17/h3,6-7,10,19H,4-5,8-9,17H2,1-2H3,(H,18,20). The van der Waals surface area contributed by atoms with Gasteiger partial charge in [-0.2, -0.15) is 0 Å². The summed E-state index contributed by atoms with van der Waals surface area (Å²) in [6.45, 7) is 4.42. The molecule has 0 saturated heterocycles. The number of hydrazine groups is 1. The normalized spacial score (nSPS) is 21.3. The second-order valence-electron chi connectivity index (χ2n) is 6.24. The summed E-state index contributed by atoms with van der Waals surface area (Å²) in [5.41, 5.74) is 2.79. The zero-order chi connectivity index (χ0) is 14.8. The second-order valence-corrected chi connectivity index (χ2v) is 6.24. The summed E-state index contributed by atoms with van der Waals surface area (Å²) in [4.78, 5) is 12.3. The third kappa shape index (κ3) is 3.28. The summed E-state index contributed by atoms with van der Waals surface area (Å²) in [7, 11) is 0. The highest BCUT2D eigenvalue weighted by atomic mass is 19.1. The first-order chi connectivity index (χ1) is 9.43. The number of nitrogens with one attached hydrogen (secondary N) is 2. The lowest BCUT2D eigenvalue weighted by molar-refractivity contribution is 0.0903. The molecule has 4 nitrogen and oxygen atoms in total. The molecule has 0 heterocycles. The van der Waals surface area contributed by atoms with Crippen molar-refractivity contribution < 1.29 is 9.18 Å². The van der Waals surface area contributed by atoms with Crippen LogP contribution in [0.5, 0.6) is 0 Å². The van der Waals surface area contributed by atoms with Gasteiger partial charge in [-0.25, -0.2) is 4.39 Å². The van der Waals surface area contributed by atoms with Crippen LogP contribution in [0.2, 0.25) is 0 Å². The molecular formula is C15H22FN3O. The van der Waals surface area contributed by atoms with E-state index in [2.05, 4.69) is 24.6 Å². The Hall–Kier alpha value is -1.62. The molecule has 1 aliphatic rings. The molecule has 20 heavy (non-hydrogen) atoms. The Balaban J connectivity index is 2.11. The number of hydrogen-bond acceptors (Lipinski definition) is 3. The quantitative estimate of drug-likeness (QED) is 0.589. The van der Waals surface area contributed by atoms with Gasteiger partial charge in [0.2, 0.25) is 0 Å². The molecule has 1 saturated carbocycles. The predicted molar refractivity (Wildman–Crippen MR) is 77.7 cm³/mol. The van der Waals surface area contributed by atoms with Crippen molar-refractivity contribution in [1.82, 2.24) is 5.32 Å². The Morgan fingerprint density at radius 3 is 2.85 bits per heavy atom. The monoisotopic (exact) mass is 279 g/mol. The van der Waals surface area contributed by atoms with Gasteiger partial charge in [-0.05, 0) is 36.8 Å². The molecule has 1 amide bonds. The molecule has 0 bridgehead atoms. The highest BCUT2D eigenvalue weighted by Gasteiger charge is 2.29. The van der Waals surface area contributed by atoms with Gasteiger partial charge < -0.3 is 10.7 Å². The number of hydrogen-bond donors (Lipinski definition) is 3. The SMILES string of the molecule is CC1(C)CCCC(NC(=O)c2cccc(F)c2NN)C1. The van der Waals surface area contributed by atoms with Gasteiger partial charge in [-0.15, -0.1) is 0 Å². The zero-order valence-corrected chi connectivity index (χ0v) is 12.0. The largest absolute Gasteiger partial charge is 0.349 e. The van der Waals surface area contributed by atoms with Crippen LogP contribution in [0, 0.1) is 11.2 Å². The van der Waals surface area contributed by atoms with E-state index in [1.54, 1.807) is 6.07 Å². The molecule has 1 aromatic carbocycles. The molecule has 1 atom stereocenters. The van der Waals surface area contributed by atoms with Crippen LogP contribution in [0.1, 0.15) is 49.9 Å². The van der Waals surface area contributed by atoms with E-state index < -0.39 is 5.82 Å². The van der Waals surface area contributed by atoms with Crippen LogP contribution in [0.25, 0.3) is 0 Å². The van der Waals surface area contributed by atoms with E-state index in [1.165, 1.54) is 18.6 Å². The minimum absolute atomic E-state index is 0.0417. The number of amides is 1. The second kappa shape index (κ2) is 5.79. The van der Waals surface area contributed by atoms with Crippen LogP contribution < -0.4 is 16.6 Å². The van der Waals surface area contributed by atoms with Crippen molar-refractivity contribution in [3.05, 3.63) is 29.6 Å². The van der Waals surface area contributed by atoms with Gasteiger partial charge in [-0.3, -0.25) is 10.6 Å². The summed E-state index contributed by atoms with van der Waals surface area (Å²) in [5, 5.41) is 2.99. The first-order valence-corrected chi connectivity index (χ1v) is 6.99. The summed E-state index contributed by atoms with van der Waals surface area (Å²) >= 11 is 0. The van der Waals surface area contributed by atoms with Crippen LogP contribution in [-0.4, -0.2) is 11.9 Å². The molecule has 5 heteroatoms. The Kier molecular flexibility index (Phi) is 4.28. The van der Waals surface area contributed by atoms with Crippen molar-refractivity contribution in [2.24, 2.45) is 11.3 Å². The van der Waals surface area contributed by atoms with Gasteiger partial charge in [0.1, 0.15) is 5.82 Å². The van der Waals surface area contributed by atoms with Crippen molar-refractivity contribution in [3.8, 4) is 0 Å². The number of anilines is 1.